The van der Waals surface area contributed by atoms with Gasteiger partial charge >= 0.3 is 0 Å². The summed E-state index contributed by atoms with van der Waals surface area (Å²) in [6.45, 7) is 0. The molecule has 0 bridgehead atoms. The lowest BCUT2D eigenvalue weighted by Crippen LogP contribution is -2.46. The molecule has 2 saturated heterocycles. The van der Waals surface area contributed by atoms with E-state index in [2.05, 4.69) is 5.10 Å². The van der Waals surface area contributed by atoms with Crippen LogP contribution >= 0.6 is 0 Å². The molecule has 0 N–H and O–H groups in total. The van der Waals surface area contributed by atoms with Gasteiger partial charge in [-0.2, -0.15) is 5.10 Å². The first-order chi connectivity index (χ1) is 14.6. The van der Waals surface area contributed by atoms with Gasteiger partial charge in [0.2, 0.25) is 11.8 Å². The Labute approximate surface area is 173 Å². The SMILES string of the molecule is COc1ccccc1N1C(=O)[C@@H]2[C@@H](C1=O)[C@@H]1C=CC=NN1[C@@H]2C(=O)c1ccccc1. The molecule has 0 unspecified atom stereocenters. The lowest BCUT2D eigenvalue weighted by molar-refractivity contribution is -0.123. The number of para-hydroxylation sites is 2. The van der Waals surface area contributed by atoms with Crippen molar-refractivity contribution in [1.29, 1.82) is 0 Å². The van der Waals surface area contributed by atoms with Crippen molar-refractivity contribution in [2.45, 2.75) is 12.1 Å². The maximum Gasteiger partial charge on any atom is 0.240 e. The van der Waals surface area contributed by atoms with Crippen molar-refractivity contribution in [3.63, 3.8) is 0 Å². The fraction of sp³-hybridized carbons (Fsp3) is 0.217. The highest BCUT2D eigenvalue weighted by Gasteiger charge is 2.64. The molecular formula is C23H19N3O4. The van der Waals surface area contributed by atoms with E-state index >= 15 is 0 Å². The lowest BCUT2D eigenvalue weighted by atomic mass is 9.86. The molecule has 2 amide bonds. The number of hydrogen-bond donors (Lipinski definition) is 0. The van der Waals surface area contributed by atoms with Crippen LogP contribution in [0.15, 0.2) is 71.9 Å². The molecule has 2 fully saturated rings. The summed E-state index contributed by atoms with van der Waals surface area (Å²) in [5.74, 6) is -2.03. The zero-order valence-corrected chi connectivity index (χ0v) is 16.2. The van der Waals surface area contributed by atoms with E-state index in [-0.39, 0.29) is 11.7 Å². The number of fused-ring (bicyclic) bond motifs is 3. The largest absolute Gasteiger partial charge is 0.495 e. The zero-order valence-electron chi connectivity index (χ0n) is 16.2. The molecule has 5 rings (SSSR count). The minimum Gasteiger partial charge on any atom is -0.495 e. The number of anilines is 1. The molecule has 0 spiro atoms. The van der Waals surface area contributed by atoms with Crippen LogP contribution in [0, 0.1) is 11.8 Å². The molecule has 0 saturated carbocycles. The fourth-order valence-corrected chi connectivity index (χ4v) is 4.66. The third-order valence-corrected chi connectivity index (χ3v) is 5.94. The topological polar surface area (TPSA) is 79.3 Å². The van der Waals surface area contributed by atoms with Gasteiger partial charge in [-0.05, 0) is 18.2 Å². The minimum atomic E-state index is -0.847. The van der Waals surface area contributed by atoms with Gasteiger partial charge in [0.15, 0.2) is 5.78 Å². The smallest absolute Gasteiger partial charge is 0.240 e. The Hall–Kier alpha value is -3.74. The van der Waals surface area contributed by atoms with Crippen LogP contribution in [0.2, 0.25) is 0 Å². The van der Waals surface area contributed by atoms with Crippen LogP contribution in [0.3, 0.4) is 0 Å². The number of Topliss-reactive ketones (excluding diaryl/α,β-unsaturated/α-hetero) is 1. The highest BCUT2D eigenvalue weighted by atomic mass is 16.5. The summed E-state index contributed by atoms with van der Waals surface area (Å²) in [4.78, 5) is 41.6. The fourth-order valence-electron chi connectivity index (χ4n) is 4.66. The molecule has 0 radical (unpaired) electrons. The van der Waals surface area contributed by atoms with Crippen molar-refractivity contribution in [2.75, 3.05) is 12.0 Å². The number of nitrogens with zero attached hydrogens (tertiary/aromatic N) is 3. The number of benzene rings is 2. The molecule has 3 aliphatic rings. The number of ether oxygens (including phenoxy) is 1. The number of rotatable bonds is 4. The van der Waals surface area contributed by atoms with Gasteiger partial charge in [0.1, 0.15) is 11.8 Å². The molecule has 7 heteroatoms. The molecule has 3 aliphatic heterocycles. The Bertz CT molecular complexity index is 1090. The first-order valence-corrected chi connectivity index (χ1v) is 9.72. The van der Waals surface area contributed by atoms with Crippen LogP contribution < -0.4 is 9.64 Å². The van der Waals surface area contributed by atoms with Gasteiger partial charge in [-0.3, -0.25) is 19.4 Å². The Balaban J connectivity index is 1.60. The standard InChI is InChI=1S/C23H19N3O4/c1-30-17-12-6-5-10-15(17)25-22(28)18-16-11-7-13-24-26(16)20(19(18)23(25)29)21(27)14-8-3-2-4-9-14/h2-13,16,18-20H,1H3/t16-,18-,19+,20-/m0/s1. The minimum absolute atomic E-state index is 0.219. The van der Waals surface area contributed by atoms with Gasteiger partial charge in [-0.1, -0.05) is 48.5 Å². The maximum absolute atomic E-state index is 13.6. The summed E-state index contributed by atoms with van der Waals surface area (Å²) in [5, 5.41) is 5.97. The number of methoxy groups -OCH3 is 1. The number of hydrogen-bond acceptors (Lipinski definition) is 6. The third-order valence-electron chi connectivity index (χ3n) is 5.94. The van der Waals surface area contributed by atoms with E-state index in [1.165, 1.54) is 12.0 Å². The van der Waals surface area contributed by atoms with Gasteiger partial charge in [0.05, 0.1) is 30.7 Å². The summed E-state index contributed by atoms with van der Waals surface area (Å²) >= 11 is 0. The predicted molar refractivity (Wildman–Crippen MR) is 110 cm³/mol. The molecule has 150 valence electrons. The van der Waals surface area contributed by atoms with E-state index in [1.807, 2.05) is 12.1 Å². The van der Waals surface area contributed by atoms with Crippen LogP contribution in [0.25, 0.3) is 0 Å². The summed E-state index contributed by atoms with van der Waals surface area (Å²) in [6, 6.07) is 14.4. The van der Waals surface area contributed by atoms with Crippen molar-refractivity contribution in [1.82, 2.24) is 5.01 Å². The van der Waals surface area contributed by atoms with E-state index in [0.29, 0.717) is 17.0 Å². The quantitative estimate of drug-likeness (QED) is 0.580. The Morgan fingerprint density at radius 3 is 2.43 bits per heavy atom. The first-order valence-electron chi connectivity index (χ1n) is 9.72. The molecule has 30 heavy (non-hydrogen) atoms. The van der Waals surface area contributed by atoms with E-state index in [9.17, 15) is 14.4 Å². The monoisotopic (exact) mass is 401 g/mol. The number of amides is 2. The second kappa shape index (κ2) is 6.95. The molecule has 4 atom stereocenters. The Morgan fingerprint density at radius 2 is 1.67 bits per heavy atom. The number of allylic oxidation sites excluding steroid dienone is 1. The Kier molecular flexibility index (Phi) is 4.24. The Morgan fingerprint density at radius 1 is 0.967 bits per heavy atom. The summed E-state index contributed by atoms with van der Waals surface area (Å²) in [5.41, 5.74) is 0.882. The van der Waals surface area contributed by atoms with Gasteiger partial charge < -0.3 is 4.74 Å². The van der Waals surface area contributed by atoms with Gasteiger partial charge in [-0.25, -0.2) is 4.90 Å². The van der Waals surface area contributed by atoms with Crippen molar-refractivity contribution in [3.05, 3.63) is 72.3 Å². The van der Waals surface area contributed by atoms with E-state index in [0.717, 1.165) is 0 Å². The summed E-state index contributed by atoms with van der Waals surface area (Å²) < 4.78 is 5.37. The number of hydrazone groups is 1. The van der Waals surface area contributed by atoms with Gasteiger partial charge in [-0.15, -0.1) is 0 Å². The molecule has 3 heterocycles. The van der Waals surface area contributed by atoms with Crippen LogP contribution in [-0.2, 0) is 9.59 Å². The predicted octanol–water partition coefficient (Wildman–Crippen LogP) is 2.29. The maximum atomic E-state index is 13.6. The molecule has 0 aromatic heterocycles. The van der Waals surface area contributed by atoms with Crippen molar-refractivity contribution >= 4 is 29.5 Å². The lowest BCUT2D eigenvalue weighted by Gasteiger charge is -2.30. The molecule has 2 aromatic carbocycles. The number of carbonyl (C=O) groups excluding carboxylic acids is 3. The average molecular weight is 401 g/mol. The molecule has 0 aliphatic carbocycles. The summed E-state index contributed by atoms with van der Waals surface area (Å²) in [7, 11) is 1.49. The van der Waals surface area contributed by atoms with Crippen LogP contribution in [0.1, 0.15) is 10.4 Å². The van der Waals surface area contributed by atoms with E-state index < -0.39 is 29.8 Å². The highest BCUT2D eigenvalue weighted by Crippen LogP contribution is 2.47. The summed E-state index contributed by atoms with van der Waals surface area (Å²) in [6.07, 6.45) is 5.16. The second-order valence-electron chi connectivity index (χ2n) is 7.43. The van der Waals surface area contributed by atoms with E-state index in [4.69, 9.17) is 4.74 Å². The third kappa shape index (κ3) is 2.51. The van der Waals surface area contributed by atoms with E-state index in [1.54, 1.807) is 65.8 Å². The first kappa shape index (κ1) is 18.3. The molecule has 7 nitrogen and oxygen atoms in total. The van der Waals surface area contributed by atoms with Crippen molar-refractivity contribution < 1.29 is 19.1 Å². The van der Waals surface area contributed by atoms with Crippen molar-refractivity contribution in [2.24, 2.45) is 16.9 Å². The van der Waals surface area contributed by atoms with Crippen LogP contribution in [0.5, 0.6) is 5.75 Å². The van der Waals surface area contributed by atoms with Crippen molar-refractivity contribution in [3.8, 4) is 5.75 Å². The van der Waals surface area contributed by atoms with Gasteiger partial charge in [0, 0.05) is 11.8 Å². The number of ketones is 1. The number of carbonyl (C=O) groups is 3. The second-order valence-corrected chi connectivity index (χ2v) is 7.43. The number of imide groups is 1. The van der Waals surface area contributed by atoms with Crippen LogP contribution in [0.4, 0.5) is 5.69 Å². The van der Waals surface area contributed by atoms with Gasteiger partial charge in [0.25, 0.3) is 0 Å². The normalized spacial score (nSPS) is 26.7. The van der Waals surface area contributed by atoms with Crippen LogP contribution in [-0.4, -0.2) is 48.0 Å². The highest BCUT2D eigenvalue weighted by molar-refractivity contribution is 6.25. The average Bonchev–Trinajstić information content (AvgIpc) is 3.26. The molecule has 2 aromatic rings. The zero-order chi connectivity index (χ0) is 20.8. The molecular weight excluding hydrogens is 382 g/mol.